The second kappa shape index (κ2) is 8.30. The van der Waals surface area contributed by atoms with E-state index < -0.39 is 42.9 Å². The molecule has 0 aliphatic rings. The molecular formula is C19H19F3N4O5. The molecule has 1 aromatic carbocycles. The van der Waals surface area contributed by atoms with Gasteiger partial charge in [-0.05, 0) is 25.1 Å². The van der Waals surface area contributed by atoms with Gasteiger partial charge < -0.3 is 25.3 Å². The Kier molecular flexibility index (Phi) is 5.93. The van der Waals surface area contributed by atoms with E-state index in [4.69, 9.17) is 14.9 Å². The number of nitrogens with zero attached hydrogens (tertiary/aromatic N) is 2. The summed E-state index contributed by atoms with van der Waals surface area (Å²) in [6, 6.07) is 3.13. The number of fused-ring (bicyclic) bond motifs is 1. The zero-order valence-corrected chi connectivity index (χ0v) is 16.5. The summed E-state index contributed by atoms with van der Waals surface area (Å²) in [5.74, 6) is -1.20. The predicted octanol–water partition coefficient (Wildman–Crippen LogP) is 1.65. The van der Waals surface area contributed by atoms with Gasteiger partial charge in [-0.3, -0.25) is 14.3 Å². The third-order valence-electron chi connectivity index (χ3n) is 4.46. The number of furan rings is 1. The monoisotopic (exact) mass is 440 g/mol. The van der Waals surface area contributed by atoms with Crippen LogP contribution in [0.25, 0.3) is 11.0 Å². The SMILES string of the molecule is Cc1oc2ccc(OCc3cn(C)nc3C(F)(F)F)cc2c1C(=O)NC(CO)C(N)=O. The van der Waals surface area contributed by atoms with E-state index in [0.717, 1.165) is 4.68 Å². The molecule has 0 aliphatic heterocycles. The quantitative estimate of drug-likeness (QED) is 0.512. The average molecular weight is 440 g/mol. The van der Waals surface area contributed by atoms with Crippen molar-refractivity contribution in [1.82, 2.24) is 15.1 Å². The summed E-state index contributed by atoms with van der Waals surface area (Å²) in [7, 11) is 1.37. The highest BCUT2D eigenvalue weighted by molar-refractivity contribution is 6.08. The van der Waals surface area contributed by atoms with Crippen LogP contribution in [-0.2, 0) is 24.6 Å². The summed E-state index contributed by atoms with van der Waals surface area (Å²) in [6.07, 6.45) is -3.42. The minimum absolute atomic E-state index is 0.0810. The van der Waals surface area contributed by atoms with Crippen LogP contribution in [0.4, 0.5) is 13.2 Å². The summed E-state index contributed by atoms with van der Waals surface area (Å²) in [5.41, 5.74) is 4.33. The molecule has 2 amide bonds. The molecule has 0 aliphatic carbocycles. The van der Waals surface area contributed by atoms with Crippen molar-refractivity contribution in [2.24, 2.45) is 12.8 Å². The molecule has 0 saturated carbocycles. The lowest BCUT2D eigenvalue weighted by Gasteiger charge is -2.12. The van der Waals surface area contributed by atoms with Gasteiger partial charge in [-0.1, -0.05) is 0 Å². The number of nitrogens with one attached hydrogen (secondary N) is 1. The van der Waals surface area contributed by atoms with Gasteiger partial charge in [0, 0.05) is 24.2 Å². The molecule has 31 heavy (non-hydrogen) atoms. The number of hydrogen-bond donors (Lipinski definition) is 3. The van der Waals surface area contributed by atoms with Crippen molar-refractivity contribution in [3.63, 3.8) is 0 Å². The molecule has 2 heterocycles. The van der Waals surface area contributed by atoms with Gasteiger partial charge in [0.15, 0.2) is 5.69 Å². The number of benzene rings is 1. The number of nitrogens with two attached hydrogens (primary N) is 1. The van der Waals surface area contributed by atoms with E-state index in [9.17, 15) is 27.9 Å². The summed E-state index contributed by atoms with van der Waals surface area (Å²) in [5, 5.41) is 15.2. The van der Waals surface area contributed by atoms with Gasteiger partial charge in [0.2, 0.25) is 5.91 Å². The Labute approximate surface area is 173 Å². The normalized spacial score (nSPS) is 12.7. The number of aromatic nitrogens is 2. The Bertz CT molecular complexity index is 1140. The first kappa shape index (κ1) is 22.2. The number of alkyl halides is 3. The number of carbonyl (C=O) groups excluding carboxylic acids is 2. The molecule has 0 radical (unpaired) electrons. The Morgan fingerprint density at radius 2 is 2.10 bits per heavy atom. The molecule has 2 aromatic heterocycles. The van der Waals surface area contributed by atoms with E-state index in [-0.39, 0.29) is 22.6 Å². The number of hydrogen-bond acceptors (Lipinski definition) is 6. The van der Waals surface area contributed by atoms with Gasteiger partial charge in [-0.25, -0.2) is 0 Å². The molecule has 0 fully saturated rings. The first-order valence-corrected chi connectivity index (χ1v) is 8.98. The van der Waals surface area contributed by atoms with Crippen LogP contribution in [0.15, 0.2) is 28.8 Å². The maximum Gasteiger partial charge on any atom is 0.435 e. The molecule has 12 heteroatoms. The largest absolute Gasteiger partial charge is 0.489 e. The number of primary amides is 1. The number of ether oxygens (including phenoxy) is 1. The number of aryl methyl sites for hydroxylation is 2. The van der Waals surface area contributed by atoms with E-state index in [0.29, 0.717) is 11.0 Å². The highest BCUT2D eigenvalue weighted by Crippen LogP contribution is 2.32. The van der Waals surface area contributed by atoms with Gasteiger partial charge in [0.05, 0.1) is 12.2 Å². The van der Waals surface area contributed by atoms with Crippen LogP contribution in [-0.4, -0.2) is 39.4 Å². The molecule has 4 N–H and O–H groups in total. The minimum Gasteiger partial charge on any atom is -0.489 e. The zero-order chi connectivity index (χ0) is 22.9. The van der Waals surface area contributed by atoms with Gasteiger partial charge in [-0.2, -0.15) is 18.3 Å². The predicted molar refractivity (Wildman–Crippen MR) is 101 cm³/mol. The van der Waals surface area contributed by atoms with Gasteiger partial charge in [0.25, 0.3) is 5.91 Å². The lowest BCUT2D eigenvalue weighted by molar-refractivity contribution is -0.142. The van der Waals surface area contributed by atoms with Crippen LogP contribution in [0.5, 0.6) is 5.75 Å². The fourth-order valence-corrected chi connectivity index (χ4v) is 3.05. The Morgan fingerprint density at radius 3 is 2.71 bits per heavy atom. The Morgan fingerprint density at radius 1 is 1.39 bits per heavy atom. The molecule has 0 bridgehead atoms. The fraction of sp³-hybridized carbons (Fsp3) is 0.316. The molecule has 0 spiro atoms. The van der Waals surface area contributed by atoms with Crippen LogP contribution in [0.3, 0.4) is 0 Å². The third kappa shape index (κ3) is 4.63. The first-order chi connectivity index (χ1) is 14.5. The number of aliphatic hydroxyl groups excluding tert-OH is 1. The van der Waals surface area contributed by atoms with Gasteiger partial charge >= 0.3 is 6.18 Å². The summed E-state index contributed by atoms with van der Waals surface area (Å²) >= 11 is 0. The topological polar surface area (TPSA) is 133 Å². The van der Waals surface area contributed by atoms with Crippen molar-refractivity contribution in [2.75, 3.05) is 6.61 Å². The van der Waals surface area contributed by atoms with Crippen molar-refractivity contribution in [3.8, 4) is 5.75 Å². The highest BCUT2D eigenvalue weighted by Gasteiger charge is 2.37. The van der Waals surface area contributed by atoms with Crippen LogP contribution >= 0.6 is 0 Å². The average Bonchev–Trinajstić information content (AvgIpc) is 3.22. The standard InChI is InChI=1S/C19H19F3N4O5/c1-9-15(18(29)24-13(7-27)17(23)28)12-5-11(3-4-14(12)31-9)30-8-10-6-26(2)25-16(10)19(20,21)22/h3-6,13,27H,7-8H2,1-2H3,(H2,23,28)(H,24,29). The van der Waals surface area contributed by atoms with Crippen molar-refractivity contribution in [1.29, 1.82) is 0 Å². The highest BCUT2D eigenvalue weighted by atomic mass is 19.4. The molecular weight excluding hydrogens is 421 g/mol. The van der Waals surface area contributed by atoms with Crippen molar-refractivity contribution in [3.05, 3.63) is 47.0 Å². The van der Waals surface area contributed by atoms with Gasteiger partial charge in [0.1, 0.15) is 29.7 Å². The molecule has 9 nitrogen and oxygen atoms in total. The van der Waals surface area contributed by atoms with E-state index in [2.05, 4.69) is 10.4 Å². The number of aliphatic hydroxyl groups is 1. The fourth-order valence-electron chi connectivity index (χ4n) is 3.05. The molecule has 166 valence electrons. The number of halogens is 3. The van der Waals surface area contributed by atoms with E-state index in [1.165, 1.54) is 38.4 Å². The molecule has 1 atom stereocenters. The zero-order valence-electron chi connectivity index (χ0n) is 16.5. The van der Waals surface area contributed by atoms with Gasteiger partial charge in [-0.15, -0.1) is 0 Å². The van der Waals surface area contributed by atoms with Crippen LogP contribution in [0.1, 0.15) is 27.4 Å². The van der Waals surface area contributed by atoms with E-state index >= 15 is 0 Å². The number of rotatable bonds is 7. The molecule has 3 aromatic rings. The van der Waals surface area contributed by atoms with Crippen molar-refractivity contribution < 1.29 is 37.0 Å². The maximum absolute atomic E-state index is 13.1. The summed E-state index contributed by atoms with van der Waals surface area (Å²) in [6.45, 7) is 0.441. The van der Waals surface area contributed by atoms with E-state index in [1.54, 1.807) is 0 Å². The van der Waals surface area contributed by atoms with Crippen LogP contribution in [0, 0.1) is 6.92 Å². The smallest absolute Gasteiger partial charge is 0.435 e. The second-order valence-corrected chi connectivity index (χ2v) is 6.77. The lowest BCUT2D eigenvalue weighted by atomic mass is 10.1. The summed E-state index contributed by atoms with van der Waals surface area (Å²) < 4.78 is 51.3. The Balaban J connectivity index is 1.87. The van der Waals surface area contributed by atoms with Crippen molar-refractivity contribution >= 4 is 22.8 Å². The molecule has 3 rings (SSSR count). The maximum atomic E-state index is 13.1. The third-order valence-corrected chi connectivity index (χ3v) is 4.46. The Hall–Kier alpha value is -3.54. The first-order valence-electron chi connectivity index (χ1n) is 8.98. The summed E-state index contributed by atoms with van der Waals surface area (Å²) in [4.78, 5) is 23.9. The number of carbonyl (C=O) groups is 2. The van der Waals surface area contributed by atoms with Crippen molar-refractivity contribution in [2.45, 2.75) is 25.7 Å². The van der Waals surface area contributed by atoms with Crippen LogP contribution < -0.4 is 15.8 Å². The lowest BCUT2D eigenvalue weighted by Crippen LogP contribution is -2.46. The second-order valence-electron chi connectivity index (χ2n) is 6.77. The molecule has 0 saturated heterocycles. The van der Waals surface area contributed by atoms with Crippen LogP contribution in [0.2, 0.25) is 0 Å². The van der Waals surface area contributed by atoms with E-state index in [1.807, 2.05) is 0 Å². The minimum atomic E-state index is -4.62. The number of amides is 2. The molecule has 1 unspecified atom stereocenters.